The number of allylic oxidation sites excluding steroid dienone is 1. The highest BCUT2D eigenvalue weighted by Gasteiger charge is 2.17. The van der Waals surface area contributed by atoms with Gasteiger partial charge in [0.05, 0.1) is 19.0 Å². The number of benzene rings is 1. The largest absolute Gasteiger partial charge is 0.276 e. The summed E-state index contributed by atoms with van der Waals surface area (Å²) < 4.78 is 2.58. The predicted octanol–water partition coefficient (Wildman–Crippen LogP) is 6.01. The van der Waals surface area contributed by atoms with Gasteiger partial charge in [-0.1, -0.05) is 59.2 Å². The number of nitro benzene ring substituents is 1. The first-order valence-electron chi connectivity index (χ1n) is 5.93. The Morgan fingerprint density at radius 3 is 2.52 bits per heavy atom. The molecule has 2 heterocycles. The Kier molecular flexibility index (Phi) is 4.84. The van der Waals surface area contributed by atoms with E-state index in [0.717, 1.165) is 4.91 Å². The molecule has 0 spiro atoms. The van der Waals surface area contributed by atoms with Crippen molar-refractivity contribution in [1.29, 1.82) is 0 Å². The van der Waals surface area contributed by atoms with Crippen LogP contribution in [0.1, 0.15) is 5.56 Å². The molecule has 2 aliphatic heterocycles. The lowest BCUT2D eigenvalue weighted by atomic mass is 10.1. The van der Waals surface area contributed by atoms with Crippen molar-refractivity contribution in [3.05, 3.63) is 75.6 Å². The van der Waals surface area contributed by atoms with E-state index in [9.17, 15) is 10.1 Å². The van der Waals surface area contributed by atoms with E-state index in [4.69, 9.17) is 0 Å². The number of rotatable bonds is 3. The predicted molar refractivity (Wildman–Crippen MR) is 96.7 cm³/mol. The fourth-order valence-electron chi connectivity index (χ4n) is 1.70. The van der Waals surface area contributed by atoms with Crippen LogP contribution in [0.3, 0.4) is 0 Å². The zero-order valence-corrected chi connectivity index (χ0v) is 13.9. The Morgan fingerprint density at radius 1 is 1.00 bits per heavy atom. The van der Waals surface area contributed by atoms with Gasteiger partial charge in [-0.2, -0.15) is 0 Å². The second-order valence-corrected chi connectivity index (χ2v) is 8.28. The van der Waals surface area contributed by atoms with Crippen LogP contribution in [0.15, 0.2) is 59.9 Å². The van der Waals surface area contributed by atoms with Crippen LogP contribution in [0.4, 0.5) is 5.69 Å². The molecule has 0 fully saturated rings. The summed E-state index contributed by atoms with van der Waals surface area (Å²) >= 11 is 6.89. The van der Waals surface area contributed by atoms with Crippen molar-refractivity contribution in [2.45, 2.75) is 0 Å². The molecule has 0 aromatic heterocycles. The van der Waals surface area contributed by atoms with Crippen LogP contribution in [0.25, 0.3) is 6.08 Å². The third-order valence-corrected chi connectivity index (χ3v) is 7.63. The molecule has 3 nitrogen and oxygen atoms in total. The van der Waals surface area contributed by atoms with E-state index in [1.54, 1.807) is 65.3 Å². The van der Waals surface area contributed by atoms with Crippen molar-refractivity contribution in [2.75, 3.05) is 0 Å². The number of hydrogen-bond acceptors (Lipinski definition) is 6. The van der Waals surface area contributed by atoms with Crippen LogP contribution < -0.4 is 0 Å². The maximum absolute atomic E-state index is 11.0. The van der Waals surface area contributed by atoms with Crippen molar-refractivity contribution in [3.63, 3.8) is 0 Å². The van der Waals surface area contributed by atoms with Crippen LogP contribution in [0, 0.1) is 10.1 Å². The van der Waals surface area contributed by atoms with Gasteiger partial charge in [0.1, 0.15) is 0 Å². The van der Waals surface area contributed by atoms with Crippen molar-refractivity contribution < 1.29 is 4.92 Å². The van der Waals surface area contributed by atoms with E-state index in [1.165, 1.54) is 14.5 Å². The molecule has 1 aromatic rings. The molecule has 0 radical (unpaired) electrons. The van der Waals surface area contributed by atoms with Gasteiger partial charge in [0.15, 0.2) is 0 Å². The molecule has 0 amide bonds. The smallest absolute Gasteiger partial charge is 0.258 e. The Hall–Kier alpha value is -1.02. The SMILES string of the molecule is O=[N+]([O-])c1ccccc1/C=C/C1=CSC(=C2SC=CS2)S1. The molecule has 0 saturated carbocycles. The number of para-hydroxylation sites is 1. The van der Waals surface area contributed by atoms with E-state index in [2.05, 4.69) is 16.2 Å². The van der Waals surface area contributed by atoms with Gasteiger partial charge in [-0.25, -0.2) is 0 Å². The first-order chi connectivity index (χ1) is 10.2. The Labute approximate surface area is 139 Å². The van der Waals surface area contributed by atoms with Crippen molar-refractivity contribution in [1.82, 2.24) is 0 Å². The van der Waals surface area contributed by atoms with Gasteiger partial charge in [-0.15, -0.1) is 0 Å². The molecule has 0 saturated heterocycles. The van der Waals surface area contributed by atoms with Crippen LogP contribution in [-0.2, 0) is 0 Å². The van der Waals surface area contributed by atoms with E-state index < -0.39 is 0 Å². The third kappa shape index (κ3) is 3.60. The highest BCUT2D eigenvalue weighted by molar-refractivity contribution is 8.33. The molecule has 0 N–H and O–H groups in total. The Balaban J connectivity index is 1.73. The van der Waals surface area contributed by atoms with E-state index in [0.29, 0.717) is 5.56 Å². The van der Waals surface area contributed by atoms with Gasteiger partial charge in [-0.05, 0) is 34.4 Å². The minimum absolute atomic E-state index is 0.134. The van der Waals surface area contributed by atoms with Gasteiger partial charge >= 0.3 is 0 Å². The van der Waals surface area contributed by atoms with Gasteiger partial charge in [0.25, 0.3) is 5.69 Å². The first kappa shape index (κ1) is 14.9. The number of thioether (sulfide) groups is 4. The molecule has 106 valence electrons. The van der Waals surface area contributed by atoms with Crippen LogP contribution in [0.2, 0.25) is 0 Å². The van der Waals surface area contributed by atoms with E-state index in [1.807, 2.05) is 12.1 Å². The summed E-state index contributed by atoms with van der Waals surface area (Å²) in [5.41, 5.74) is 0.760. The summed E-state index contributed by atoms with van der Waals surface area (Å²) in [6.07, 6.45) is 3.74. The average molecular weight is 351 g/mol. The maximum Gasteiger partial charge on any atom is 0.276 e. The van der Waals surface area contributed by atoms with Crippen molar-refractivity contribution in [2.24, 2.45) is 0 Å². The second kappa shape index (κ2) is 6.83. The van der Waals surface area contributed by atoms with Crippen LogP contribution >= 0.6 is 47.0 Å². The maximum atomic E-state index is 11.0. The van der Waals surface area contributed by atoms with Gasteiger partial charge < -0.3 is 0 Å². The quantitative estimate of drug-likeness (QED) is 0.491. The highest BCUT2D eigenvalue weighted by Crippen LogP contribution is 2.53. The summed E-state index contributed by atoms with van der Waals surface area (Å²) in [6.45, 7) is 0. The standard InChI is InChI=1S/C14H9NO2S4/c16-15(17)12-4-2-1-3-10(12)5-6-11-9-20-14(21-11)13-18-7-8-19-13/h1-9H/b6-5+. The monoisotopic (exact) mass is 351 g/mol. The summed E-state index contributed by atoms with van der Waals surface area (Å²) in [7, 11) is 0. The molecule has 7 heteroatoms. The van der Waals surface area contributed by atoms with Gasteiger partial charge in [0.2, 0.25) is 0 Å². The molecule has 2 aliphatic rings. The molecule has 3 rings (SSSR count). The second-order valence-electron chi connectivity index (χ2n) is 3.97. The lowest BCUT2D eigenvalue weighted by molar-refractivity contribution is -0.385. The molecular formula is C14H9NO2S4. The topological polar surface area (TPSA) is 43.1 Å². The van der Waals surface area contributed by atoms with Gasteiger partial charge in [0, 0.05) is 11.0 Å². The summed E-state index contributed by atoms with van der Waals surface area (Å²) in [5, 5.41) is 17.2. The molecule has 0 unspecified atom stereocenters. The van der Waals surface area contributed by atoms with Crippen molar-refractivity contribution >= 4 is 58.8 Å². The fourth-order valence-corrected chi connectivity index (χ4v) is 6.05. The molecule has 0 bridgehead atoms. The number of nitrogens with zero attached hydrogens (tertiary/aromatic N) is 1. The number of hydrogen-bond donors (Lipinski definition) is 0. The first-order valence-corrected chi connectivity index (χ1v) is 9.38. The third-order valence-electron chi connectivity index (χ3n) is 2.63. The molecule has 21 heavy (non-hydrogen) atoms. The Bertz CT molecular complexity index is 697. The normalized spacial score (nSPS) is 17.8. The van der Waals surface area contributed by atoms with Crippen molar-refractivity contribution in [3.8, 4) is 0 Å². The molecule has 1 aromatic carbocycles. The summed E-state index contributed by atoms with van der Waals surface area (Å²) in [5.74, 6) is 0. The Morgan fingerprint density at radius 2 is 1.76 bits per heavy atom. The molecular weight excluding hydrogens is 342 g/mol. The zero-order valence-electron chi connectivity index (χ0n) is 10.6. The average Bonchev–Trinajstić information content (AvgIpc) is 3.16. The molecule has 0 aliphatic carbocycles. The minimum Gasteiger partial charge on any atom is -0.258 e. The van der Waals surface area contributed by atoms with Crippen LogP contribution in [-0.4, -0.2) is 4.92 Å². The minimum atomic E-state index is -0.352. The fraction of sp³-hybridized carbons (Fsp3) is 0. The summed E-state index contributed by atoms with van der Waals surface area (Å²) in [6, 6.07) is 6.77. The molecule has 0 atom stereocenters. The van der Waals surface area contributed by atoms with Crippen LogP contribution in [0.5, 0.6) is 0 Å². The summed E-state index contributed by atoms with van der Waals surface area (Å²) in [4.78, 5) is 11.7. The van der Waals surface area contributed by atoms with E-state index >= 15 is 0 Å². The zero-order chi connectivity index (χ0) is 14.7. The lowest BCUT2D eigenvalue weighted by Crippen LogP contribution is -1.90. The number of nitro groups is 1. The van der Waals surface area contributed by atoms with E-state index in [-0.39, 0.29) is 10.6 Å². The van der Waals surface area contributed by atoms with Gasteiger partial charge in [-0.3, -0.25) is 10.1 Å². The lowest BCUT2D eigenvalue weighted by Gasteiger charge is -2.00. The highest BCUT2D eigenvalue weighted by atomic mass is 32.2.